The number of anilines is 1. The molecule has 0 unspecified atom stereocenters. The van der Waals surface area contributed by atoms with Gasteiger partial charge < -0.3 is 14.4 Å². The molecule has 7 nitrogen and oxygen atoms in total. The van der Waals surface area contributed by atoms with Crippen LogP contribution in [0.5, 0.6) is 11.5 Å². The fourth-order valence-corrected chi connectivity index (χ4v) is 8.67. The third-order valence-electron chi connectivity index (χ3n) is 5.60. The first-order chi connectivity index (χ1) is 16.2. The molecule has 182 valence electrons. The first-order valence-electron chi connectivity index (χ1n) is 11.1. The quantitative estimate of drug-likeness (QED) is 0.491. The zero-order chi connectivity index (χ0) is 24.5. The molecule has 34 heavy (non-hydrogen) atoms. The molecular formula is C24H27BrN2O5S2. The minimum Gasteiger partial charge on any atom is -0.490 e. The highest BCUT2D eigenvalue weighted by molar-refractivity contribution is 9.10. The van der Waals surface area contributed by atoms with Crippen LogP contribution in [0.25, 0.3) is 0 Å². The third kappa shape index (κ3) is 5.44. The van der Waals surface area contributed by atoms with E-state index in [1.54, 1.807) is 0 Å². The molecule has 2 atom stereocenters. The maximum atomic E-state index is 12.9. The van der Waals surface area contributed by atoms with Crippen LogP contribution in [0.3, 0.4) is 0 Å². The number of amides is 1. The Labute approximate surface area is 213 Å². The van der Waals surface area contributed by atoms with Crippen LogP contribution in [0.15, 0.2) is 45.9 Å². The summed E-state index contributed by atoms with van der Waals surface area (Å²) in [5.41, 5.74) is 2.68. The number of nitrogens with zero attached hydrogens (tertiary/aromatic N) is 2. The fraction of sp³-hybridized carbons (Fsp3) is 0.417. The van der Waals surface area contributed by atoms with Gasteiger partial charge in [0.15, 0.2) is 26.5 Å². The summed E-state index contributed by atoms with van der Waals surface area (Å²) in [4.78, 5) is 19.2. The molecule has 2 aliphatic heterocycles. The molecule has 0 spiro atoms. The number of hydrogen-bond acceptors (Lipinski definition) is 6. The second-order valence-corrected chi connectivity index (χ2v) is 12.5. The molecule has 0 radical (unpaired) electrons. The Morgan fingerprint density at radius 2 is 1.85 bits per heavy atom. The van der Waals surface area contributed by atoms with Crippen molar-refractivity contribution in [2.45, 2.75) is 38.5 Å². The van der Waals surface area contributed by atoms with Crippen molar-refractivity contribution in [3.8, 4) is 11.5 Å². The summed E-state index contributed by atoms with van der Waals surface area (Å²) in [6.45, 7) is 6.70. The van der Waals surface area contributed by atoms with Crippen molar-refractivity contribution in [3.63, 3.8) is 0 Å². The highest BCUT2D eigenvalue weighted by atomic mass is 79.9. The highest BCUT2D eigenvalue weighted by Gasteiger charge is 2.50. The normalized spacial score (nSPS) is 22.1. The van der Waals surface area contributed by atoms with E-state index in [0.717, 1.165) is 11.1 Å². The summed E-state index contributed by atoms with van der Waals surface area (Å²) in [5.74, 6) is 0.961. The molecule has 2 aromatic rings. The maximum absolute atomic E-state index is 12.9. The summed E-state index contributed by atoms with van der Waals surface area (Å²) in [6.07, 6.45) is 0.182. The lowest BCUT2D eigenvalue weighted by atomic mass is 10.1. The number of aliphatic imine (C=N–C) groups is 1. The number of ether oxygens (including phenoxy) is 2. The minimum absolute atomic E-state index is 0.0133. The van der Waals surface area contributed by atoms with Gasteiger partial charge in [0, 0.05) is 21.9 Å². The number of carbonyl (C=O) groups excluding carboxylic acids is 1. The van der Waals surface area contributed by atoms with Crippen LogP contribution in [0.4, 0.5) is 5.69 Å². The Morgan fingerprint density at radius 3 is 2.53 bits per heavy atom. The lowest BCUT2D eigenvalue weighted by Gasteiger charge is -2.27. The van der Waals surface area contributed by atoms with Crippen molar-refractivity contribution >= 4 is 54.3 Å². The van der Waals surface area contributed by atoms with Crippen LogP contribution in [0, 0.1) is 6.92 Å². The average molecular weight is 568 g/mol. The number of hydrogen-bond donors (Lipinski definition) is 0. The molecule has 2 fully saturated rings. The van der Waals surface area contributed by atoms with Crippen LogP contribution in [-0.2, 0) is 21.1 Å². The van der Waals surface area contributed by atoms with Gasteiger partial charge in [0.05, 0.1) is 42.9 Å². The number of amidine groups is 1. The molecule has 2 aromatic carbocycles. The van der Waals surface area contributed by atoms with Crippen molar-refractivity contribution < 1.29 is 22.7 Å². The topological polar surface area (TPSA) is 85.3 Å². The first-order valence-corrected chi connectivity index (χ1v) is 14.6. The second kappa shape index (κ2) is 10.3. The van der Waals surface area contributed by atoms with Crippen LogP contribution >= 0.6 is 27.7 Å². The first kappa shape index (κ1) is 25.1. The van der Waals surface area contributed by atoms with Gasteiger partial charge in [-0.15, -0.1) is 0 Å². The van der Waals surface area contributed by atoms with Crippen molar-refractivity contribution in [2.24, 2.45) is 4.99 Å². The Kier molecular flexibility index (Phi) is 7.59. The van der Waals surface area contributed by atoms with E-state index >= 15 is 0 Å². The molecular weight excluding hydrogens is 540 g/mol. The molecule has 0 saturated carbocycles. The molecule has 0 bridgehead atoms. The summed E-state index contributed by atoms with van der Waals surface area (Å²) < 4.78 is 37.1. The number of aryl methyl sites for hydroxylation is 1. The Morgan fingerprint density at radius 1 is 1.15 bits per heavy atom. The number of fused-ring (bicyclic) bond motifs is 1. The van der Waals surface area contributed by atoms with E-state index in [9.17, 15) is 13.2 Å². The van der Waals surface area contributed by atoms with E-state index in [0.29, 0.717) is 40.0 Å². The van der Waals surface area contributed by atoms with Crippen molar-refractivity contribution in [3.05, 3.63) is 52.0 Å². The van der Waals surface area contributed by atoms with E-state index in [2.05, 4.69) is 20.9 Å². The van der Waals surface area contributed by atoms with Gasteiger partial charge >= 0.3 is 0 Å². The lowest BCUT2D eigenvalue weighted by Crippen LogP contribution is -2.38. The van der Waals surface area contributed by atoms with E-state index in [1.165, 1.54) is 11.8 Å². The van der Waals surface area contributed by atoms with Gasteiger partial charge in [-0.05, 0) is 42.3 Å². The van der Waals surface area contributed by atoms with Gasteiger partial charge in [-0.3, -0.25) is 4.79 Å². The minimum atomic E-state index is -3.18. The molecule has 0 aromatic heterocycles. The molecule has 4 rings (SSSR count). The van der Waals surface area contributed by atoms with Gasteiger partial charge in [0.1, 0.15) is 0 Å². The standard InChI is InChI=1S/C24H27BrN2O5S2/c1-4-31-20-11-17(25)18(12-21(20)32-5-2)27-19-13-34(29,30)14-22(19)33-24(27)26-23(28)10-16-8-6-7-15(3)9-16/h6-9,11-12,19,22H,4-5,10,13-14H2,1-3H3/t19-,22+/m1/s1. The van der Waals surface area contributed by atoms with Crippen LogP contribution in [0.1, 0.15) is 25.0 Å². The zero-order valence-electron chi connectivity index (χ0n) is 19.3. The van der Waals surface area contributed by atoms with E-state index in [4.69, 9.17) is 9.47 Å². The van der Waals surface area contributed by atoms with Gasteiger partial charge in [0.25, 0.3) is 5.91 Å². The van der Waals surface area contributed by atoms with Crippen LogP contribution in [-0.4, -0.2) is 55.5 Å². The predicted molar refractivity (Wildman–Crippen MR) is 140 cm³/mol. The molecule has 2 saturated heterocycles. The van der Waals surface area contributed by atoms with Gasteiger partial charge in [-0.1, -0.05) is 41.6 Å². The molecule has 1 amide bonds. The third-order valence-corrected chi connectivity index (χ3v) is 9.44. The monoisotopic (exact) mass is 566 g/mol. The second-order valence-electron chi connectivity index (χ2n) is 8.24. The van der Waals surface area contributed by atoms with Crippen molar-refractivity contribution in [1.29, 1.82) is 0 Å². The van der Waals surface area contributed by atoms with Gasteiger partial charge in [-0.25, -0.2) is 8.42 Å². The summed E-state index contributed by atoms with van der Waals surface area (Å²) in [5, 5.41) is 0.319. The number of thioether (sulfide) groups is 1. The number of halogens is 1. The Bertz CT molecular complexity index is 1230. The number of sulfone groups is 1. The van der Waals surface area contributed by atoms with E-state index < -0.39 is 9.84 Å². The van der Waals surface area contributed by atoms with E-state index in [-0.39, 0.29) is 35.1 Å². The zero-order valence-corrected chi connectivity index (χ0v) is 22.5. The predicted octanol–water partition coefficient (Wildman–Crippen LogP) is 4.40. The van der Waals surface area contributed by atoms with Crippen LogP contribution in [0.2, 0.25) is 0 Å². The van der Waals surface area contributed by atoms with Gasteiger partial charge in [-0.2, -0.15) is 4.99 Å². The number of rotatable bonds is 7. The lowest BCUT2D eigenvalue weighted by molar-refractivity contribution is -0.117. The largest absolute Gasteiger partial charge is 0.490 e. The number of carbonyl (C=O) groups is 1. The molecule has 2 heterocycles. The average Bonchev–Trinajstić information content (AvgIpc) is 3.21. The molecule has 0 aliphatic carbocycles. The van der Waals surface area contributed by atoms with Crippen LogP contribution < -0.4 is 14.4 Å². The maximum Gasteiger partial charge on any atom is 0.252 e. The van der Waals surface area contributed by atoms with E-state index in [1.807, 2.05) is 62.1 Å². The fourth-order valence-electron chi connectivity index (χ4n) is 4.23. The smallest absolute Gasteiger partial charge is 0.252 e. The Balaban J connectivity index is 1.72. The Hall–Kier alpha value is -2.04. The highest BCUT2D eigenvalue weighted by Crippen LogP contribution is 2.46. The summed E-state index contributed by atoms with van der Waals surface area (Å²) in [7, 11) is -3.18. The van der Waals surface area contributed by atoms with Crippen molar-refractivity contribution in [2.75, 3.05) is 29.6 Å². The summed E-state index contributed by atoms with van der Waals surface area (Å²) >= 11 is 4.97. The molecule has 10 heteroatoms. The van der Waals surface area contributed by atoms with Crippen molar-refractivity contribution in [1.82, 2.24) is 0 Å². The summed E-state index contributed by atoms with van der Waals surface area (Å²) in [6, 6.07) is 11.1. The molecule has 2 aliphatic rings. The SMILES string of the molecule is CCOc1cc(Br)c(N2C(=NC(=O)Cc3cccc(C)c3)S[C@H]3CS(=O)(=O)C[C@H]32)cc1OCC. The molecule has 0 N–H and O–H groups in total. The number of benzene rings is 2. The van der Waals surface area contributed by atoms with Gasteiger partial charge in [0.2, 0.25) is 0 Å².